The van der Waals surface area contributed by atoms with E-state index in [9.17, 15) is 23.3 Å². The van der Waals surface area contributed by atoms with E-state index in [4.69, 9.17) is 20.8 Å². The molecule has 0 aliphatic carbocycles. The Morgan fingerprint density at radius 2 is 1.93 bits per heavy atom. The molecular weight excluding hydrogens is 402 g/mol. The zero-order chi connectivity index (χ0) is 19.6. The number of carbonyl (C=O) groups is 1. The van der Waals surface area contributed by atoms with Crippen LogP contribution in [0.15, 0.2) is 39.8 Å². The minimum atomic E-state index is -3.88. The third-order valence-electron chi connectivity index (χ3n) is 3.78. The fourth-order valence-corrected chi connectivity index (χ4v) is 3.89. The lowest BCUT2D eigenvalue weighted by atomic mass is 10.2. The van der Waals surface area contributed by atoms with Crippen LogP contribution in [0.5, 0.6) is 0 Å². The average Bonchev–Trinajstić information content (AvgIpc) is 3.15. The zero-order valence-corrected chi connectivity index (χ0v) is 15.3. The van der Waals surface area contributed by atoms with Gasteiger partial charge in [0.15, 0.2) is 5.76 Å². The maximum Gasteiger partial charge on any atom is 0.291 e. The molecule has 10 nitrogen and oxygen atoms in total. The maximum absolute atomic E-state index is 12.5. The van der Waals surface area contributed by atoms with Gasteiger partial charge in [-0.3, -0.25) is 14.9 Å². The van der Waals surface area contributed by atoms with Crippen molar-refractivity contribution in [3.05, 3.63) is 51.2 Å². The summed E-state index contributed by atoms with van der Waals surface area (Å²) in [5, 5.41) is 12.9. The van der Waals surface area contributed by atoms with E-state index in [2.05, 4.69) is 5.32 Å². The van der Waals surface area contributed by atoms with Gasteiger partial charge in [-0.25, -0.2) is 8.42 Å². The van der Waals surface area contributed by atoms with E-state index in [1.807, 2.05) is 0 Å². The molecule has 144 valence electrons. The van der Waals surface area contributed by atoms with Gasteiger partial charge in [0.1, 0.15) is 0 Å². The molecule has 1 saturated heterocycles. The van der Waals surface area contributed by atoms with Crippen molar-refractivity contribution < 1.29 is 27.3 Å². The molecule has 1 fully saturated rings. The molecule has 2 heterocycles. The smallest absolute Gasteiger partial charge is 0.291 e. The highest BCUT2D eigenvalue weighted by atomic mass is 35.5. The molecule has 1 aliphatic heterocycles. The lowest BCUT2D eigenvalue weighted by Gasteiger charge is -2.24. The van der Waals surface area contributed by atoms with Gasteiger partial charge >= 0.3 is 0 Å². The summed E-state index contributed by atoms with van der Waals surface area (Å²) in [6.45, 7) is 0.929. The van der Waals surface area contributed by atoms with Gasteiger partial charge in [-0.15, -0.1) is 0 Å². The molecule has 1 aliphatic rings. The summed E-state index contributed by atoms with van der Waals surface area (Å²) in [6.07, 6.45) is 0. The largest absolute Gasteiger partial charge is 0.438 e. The molecule has 0 saturated carbocycles. The number of non-ortho nitro benzene ring substituents is 1. The lowest BCUT2D eigenvalue weighted by Crippen LogP contribution is -2.40. The van der Waals surface area contributed by atoms with E-state index in [0.717, 1.165) is 6.07 Å². The number of rotatable bonds is 5. The molecule has 0 bridgehead atoms. The van der Waals surface area contributed by atoms with Gasteiger partial charge in [0.2, 0.25) is 5.09 Å². The Morgan fingerprint density at radius 1 is 1.22 bits per heavy atom. The number of morpholine rings is 1. The van der Waals surface area contributed by atoms with Crippen LogP contribution < -0.4 is 5.32 Å². The van der Waals surface area contributed by atoms with E-state index in [0.29, 0.717) is 0 Å². The second-order valence-corrected chi connectivity index (χ2v) is 7.79. The number of nitrogens with zero attached hydrogens (tertiary/aromatic N) is 2. The molecule has 0 radical (unpaired) electrons. The molecule has 0 spiro atoms. The highest BCUT2D eigenvalue weighted by Gasteiger charge is 2.30. The highest BCUT2D eigenvalue weighted by molar-refractivity contribution is 7.89. The molecule has 1 N–H and O–H groups in total. The molecule has 3 rings (SSSR count). The van der Waals surface area contributed by atoms with Gasteiger partial charge in [-0.2, -0.15) is 4.31 Å². The second-order valence-electron chi connectivity index (χ2n) is 5.51. The molecule has 1 amide bonds. The SMILES string of the molecule is O=C(Nc1cc([N+](=O)[O-])ccc1Cl)c1ccc(S(=O)(=O)N2CCOCC2)o1. The summed E-state index contributed by atoms with van der Waals surface area (Å²) in [5.74, 6) is -1.06. The van der Waals surface area contributed by atoms with Crippen LogP contribution in [0.25, 0.3) is 0 Å². The molecule has 2 aromatic rings. The molecule has 27 heavy (non-hydrogen) atoms. The Bertz CT molecular complexity index is 983. The number of carbonyl (C=O) groups excluding carboxylic acids is 1. The number of nitro groups is 1. The minimum absolute atomic E-state index is 0.00449. The van der Waals surface area contributed by atoms with Crippen molar-refractivity contribution in [3.63, 3.8) is 0 Å². The maximum atomic E-state index is 12.5. The molecule has 12 heteroatoms. The summed E-state index contributed by atoms with van der Waals surface area (Å²) in [7, 11) is -3.88. The summed E-state index contributed by atoms with van der Waals surface area (Å²) in [6, 6.07) is 5.93. The number of hydrogen-bond donors (Lipinski definition) is 1. The zero-order valence-electron chi connectivity index (χ0n) is 13.8. The van der Waals surface area contributed by atoms with Gasteiger partial charge in [-0.1, -0.05) is 11.6 Å². The van der Waals surface area contributed by atoms with Gasteiger partial charge in [0, 0.05) is 25.2 Å². The van der Waals surface area contributed by atoms with E-state index >= 15 is 0 Å². The monoisotopic (exact) mass is 415 g/mol. The summed E-state index contributed by atoms with van der Waals surface area (Å²) < 4.78 is 36.5. The van der Waals surface area contributed by atoms with Crippen molar-refractivity contribution in [1.29, 1.82) is 0 Å². The molecule has 0 atom stereocenters. The second kappa shape index (κ2) is 7.64. The van der Waals surface area contributed by atoms with Gasteiger partial charge in [0.25, 0.3) is 21.6 Å². The highest BCUT2D eigenvalue weighted by Crippen LogP contribution is 2.28. The van der Waals surface area contributed by atoms with Gasteiger partial charge < -0.3 is 14.5 Å². The normalized spacial score (nSPS) is 15.4. The first-order valence-corrected chi connectivity index (χ1v) is 9.54. The molecule has 1 aromatic carbocycles. The van der Waals surface area contributed by atoms with E-state index < -0.39 is 20.9 Å². The Balaban J connectivity index is 1.79. The minimum Gasteiger partial charge on any atom is -0.438 e. The van der Waals surface area contributed by atoms with Crippen LogP contribution in [0.2, 0.25) is 5.02 Å². The van der Waals surface area contributed by atoms with E-state index in [-0.39, 0.29) is 53.6 Å². The first-order chi connectivity index (χ1) is 12.8. The lowest BCUT2D eigenvalue weighted by molar-refractivity contribution is -0.384. The Morgan fingerprint density at radius 3 is 2.59 bits per heavy atom. The van der Waals surface area contributed by atoms with Crippen LogP contribution in [-0.4, -0.2) is 49.9 Å². The Labute approximate surface area is 158 Å². The topological polar surface area (TPSA) is 132 Å². The predicted octanol–water partition coefficient (Wildman–Crippen LogP) is 2.11. The summed E-state index contributed by atoms with van der Waals surface area (Å²) >= 11 is 5.93. The van der Waals surface area contributed by atoms with Crippen LogP contribution in [0.3, 0.4) is 0 Å². The van der Waals surface area contributed by atoms with E-state index in [1.165, 1.54) is 28.6 Å². The molecule has 1 aromatic heterocycles. The number of ether oxygens (including phenoxy) is 1. The number of nitro benzene ring substituents is 1. The molecular formula is C15H14ClN3O7S. The fraction of sp³-hybridized carbons (Fsp3) is 0.267. The third-order valence-corrected chi connectivity index (χ3v) is 5.88. The van der Waals surface area contributed by atoms with Crippen molar-refractivity contribution in [1.82, 2.24) is 4.31 Å². The Hall–Kier alpha value is -2.47. The number of halogens is 1. The van der Waals surface area contributed by atoms with Crippen molar-refractivity contribution in [2.75, 3.05) is 31.6 Å². The first kappa shape index (κ1) is 19.3. The predicted molar refractivity (Wildman–Crippen MR) is 94.3 cm³/mol. The number of sulfonamides is 1. The average molecular weight is 416 g/mol. The van der Waals surface area contributed by atoms with Crippen LogP contribution in [0, 0.1) is 10.1 Å². The standard InChI is InChI=1S/C15H14ClN3O7S/c16-11-2-1-10(19(21)22)9-12(11)17-15(20)13-3-4-14(26-13)27(23,24)18-5-7-25-8-6-18/h1-4,9H,5-8H2,(H,17,20). The quantitative estimate of drug-likeness (QED) is 0.584. The number of furan rings is 1. The molecule has 0 unspecified atom stereocenters. The number of nitrogens with one attached hydrogen (secondary N) is 1. The first-order valence-electron chi connectivity index (χ1n) is 7.72. The van der Waals surface area contributed by atoms with Crippen molar-refractivity contribution in [3.8, 4) is 0 Å². The third kappa shape index (κ3) is 4.11. The number of hydrogen-bond acceptors (Lipinski definition) is 7. The van der Waals surface area contributed by atoms with Crippen LogP contribution in [0.1, 0.15) is 10.6 Å². The Kier molecular flexibility index (Phi) is 5.46. The van der Waals surface area contributed by atoms with Crippen molar-refractivity contribution in [2.45, 2.75) is 5.09 Å². The van der Waals surface area contributed by atoms with Gasteiger partial charge in [0.05, 0.1) is 28.8 Å². The van der Waals surface area contributed by atoms with Gasteiger partial charge in [-0.05, 0) is 18.2 Å². The van der Waals surface area contributed by atoms with Crippen LogP contribution in [0.4, 0.5) is 11.4 Å². The summed E-state index contributed by atoms with van der Waals surface area (Å²) in [4.78, 5) is 22.5. The number of amides is 1. The summed E-state index contributed by atoms with van der Waals surface area (Å²) in [5.41, 5.74) is -0.255. The fourth-order valence-electron chi connectivity index (χ4n) is 2.40. The van der Waals surface area contributed by atoms with Crippen LogP contribution >= 0.6 is 11.6 Å². The van der Waals surface area contributed by atoms with Crippen LogP contribution in [-0.2, 0) is 14.8 Å². The number of anilines is 1. The van der Waals surface area contributed by atoms with Crippen molar-refractivity contribution >= 4 is 38.9 Å². The number of benzene rings is 1. The van der Waals surface area contributed by atoms with E-state index in [1.54, 1.807) is 0 Å². The van der Waals surface area contributed by atoms with Crippen molar-refractivity contribution in [2.24, 2.45) is 0 Å².